The Morgan fingerprint density at radius 1 is 1.44 bits per heavy atom. The first-order valence-corrected chi connectivity index (χ1v) is 5.19. The zero-order valence-corrected chi connectivity index (χ0v) is 8.93. The number of hydrogen-bond acceptors (Lipinski definition) is 4. The van der Waals surface area contributed by atoms with Crippen molar-refractivity contribution in [3.63, 3.8) is 0 Å². The average molecular weight is 221 g/mol. The third kappa shape index (κ3) is 2.00. The van der Waals surface area contributed by atoms with Gasteiger partial charge in [0, 0.05) is 6.54 Å². The van der Waals surface area contributed by atoms with Gasteiger partial charge < -0.3 is 21.1 Å². The molecule has 1 atom stereocenters. The Hall–Kier alpha value is -1.59. The summed E-state index contributed by atoms with van der Waals surface area (Å²) in [5, 5.41) is 0. The van der Waals surface area contributed by atoms with E-state index in [9.17, 15) is 4.79 Å². The van der Waals surface area contributed by atoms with Crippen LogP contribution in [0.2, 0.25) is 0 Å². The van der Waals surface area contributed by atoms with E-state index < -0.39 is 5.91 Å². The van der Waals surface area contributed by atoms with Crippen molar-refractivity contribution in [1.82, 2.24) is 0 Å². The van der Waals surface area contributed by atoms with Crippen molar-refractivity contribution in [2.45, 2.75) is 6.17 Å². The predicted molar refractivity (Wildman–Crippen MR) is 61.1 cm³/mol. The zero-order chi connectivity index (χ0) is 11.5. The Morgan fingerprint density at radius 2 is 2.19 bits per heavy atom. The van der Waals surface area contributed by atoms with Crippen LogP contribution in [-0.2, 0) is 4.74 Å². The van der Waals surface area contributed by atoms with Gasteiger partial charge in [-0.15, -0.1) is 0 Å². The van der Waals surface area contributed by atoms with Gasteiger partial charge in [-0.1, -0.05) is 12.1 Å². The van der Waals surface area contributed by atoms with Crippen LogP contribution >= 0.6 is 0 Å². The van der Waals surface area contributed by atoms with Crippen LogP contribution in [0, 0.1) is 0 Å². The summed E-state index contributed by atoms with van der Waals surface area (Å²) in [4.78, 5) is 13.2. The first-order chi connectivity index (χ1) is 7.70. The highest BCUT2D eigenvalue weighted by atomic mass is 16.5. The number of para-hydroxylation sites is 1. The molecule has 16 heavy (non-hydrogen) atoms. The first kappa shape index (κ1) is 10.9. The van der Waals surface area contributed by atoms with E-state index in [1.807, 2.05) is 17.0 Å². The molecule has 5 nitrogen and oxygen atoms in total. The highest BCUT2D eigenvalue weighted by Crippen LogP contribution is 2.22. The number of primary amides is 1. The zero-order valence-electron chi connectivity index (χ0n) is 8.93. The van der Waals surface area contributed by atoms with Gasteiger partial charge in [-0.25, -0.2) is 0 Å². The summed E-state index contributed by atoms with van der Waals surface area (Å²) in [7, 11) is 0. The lowest BCUT2D eigenvalue weighted by Gasteiger charge is -2.35. The number of amides is 1. The standard InChI is InChI=1S/C11H15N3O2/c12-10-7-16-6-5-14(10)9-4-2-1-3-8(9)11(13)15/h1-4,10H,5-7,12H2,(H2,13,15). The van der Waals surface area contributed by atoms with Crippen molar-refractivity contribution in [2.24, 2.45) is 11.5 Å². The summed E-state index contributed by atoms with van der Waals surface area (Å²) in [6.07, 6.45) is -0.228. The Labute approximate surface area is 94.0 Å². The summed E-state index contributed by atoms with van der Waals surface area (Å²) >= 11 is 0. The van der Waals surface area contributed by atoms with Gasteiger partial charge in [0.1, 0.15) is 6.17 Å². The molecule has 1 saturated heterocycles. The molecule has 0 saturated carbocycles. The SMILES string of the molecule is NC(=O)c1ccccc1N1CCOCC1N. The molecule has 1 aliphatic rings. The molecule has 1 fully saturated rings. The highest BCUT2D eigenvalue weighted by Gasteiger charge is 2.22. The molecule has 0 radical (unpaired) electrons. The topological polar surface area (TPSA) is 81.6 Å². The second kappa shape index (κ2) is 4.51. The Kier molecular flexibility index (Phi) is 3.07. The van der Waals surface area contributed by atoms with Crippen molar-refractivity contribution >= 4 is 11.6 Å². The molecule has 0 bridgehead atoms. The van der Waals surface area contributed by atoms with Gasteiger partial charge in [-0.2, -0.15) is 0 Å². The van der Waals surface area contributed by atoms with E-state index in [-0.39, 0.29) is 6.17 Å². The van der Waals surface area contributed by atoms with E-state index in [0.29, 0.717) is 25.3 Å². The molecule has 0 aliphatic carbocycles. The lowest BCUT2D eigenvalue weighted by molar-refractivity contribution is 0.0946. The van der Waals surface area contributed by atoms with Gasteiger partial charge in [0.2, 0.25) is 0 Å². The lowest BCUT2D eigenvalue weighted by Crippen LogP contribution is -2.51. The molecule has 1 aromatic rings. The second-order valence-corrected chi connectivity index (χ2v) is 3.72. The molecule has 5 heteroatoms. The highest BCUT2D eigenvalue weighted by molar-refractivity contribution is 5.98. The fourth-order valence-electron chi connectivity index (χ4n) is 1.85. The molecule has 1 aliphatic heterocycles. The first-order valence-electron chi connectivity index (χ1n) is 5.19. The average Bonchev–Trinajstić information content (AvgIpc) is 2.29. The van der Waals surface area contributed by atoms with E-state index in [1.165, 1.54) is 0 Å². The summed E-state index contributed by atoms with van der Waals surface area (Å²) in [6.45, 7) is 1.75. The van der Waals surface area contributed by atoms with Crippen molar-refractivity contribution < 1.29 is 9.53 Å². The maximum absolute atomic E-state index is 11.3. The fraction of sp³-hybridized carbons (Fsp3) is 0.364. The fourth-order valence-corrected chi connectivity index (χ4v) is 1.85. The predicted octanol–water partition coefficient (Wildman–Crippen LogP) is -0.0931. The van der Waals surface area contributed by atoms with Crippen molar-refractivity contribution in [3.05, 3.63) is 29.8 Å². The molecular formula is C11H15N3O2. The molecule has 1 amide bonds. The lowest BCUT2D eigenvalue weighted by atomic mass is 10.1. The Morgan fingerprint density at radius 3 is 2.88 bits per heavy atom. The Balaban J connectivity index is 2.34. The third-order valence-corrected chi connectivity index (χ3v) is 2.64. The monoisotopic (exact) mass is 221 g/mol. The van der Waals surface area contributed by atoms with Crippen LogP contribution in [0.25, 0.3) is 0 Å². The van der Waals surface area contributed by atoms with Gasteiger partial charge in [0.05, 0.1) is 24.5 Å². The Bertz CT molecular complexity index is 395. The van der Waals surface area contributed by atoms with Crippen LogP contribution in [0.15, 0.2) is 24.3 Å². The van der Waals surface area contributed by atoms with Crippen molar-refractivity contribution in [2.75, 3.05) is 24.7 Å². The largest absolute Gasteiger partial charge is 0.376 e. The van der Waals surface area contributed by atoms with Crippen molar-refractivity contribution in [1.29, 1.82) is 0 Å². The molecule has 0 aromatic heterocycles. The van der Waals surface area contributed by atoms with E-state index in [2.05, 4.69) is 0 Å². The number of nitrogens with two attached hydrogens (primary N) is 2. The van der Waals surface area contributed by atoms with Crippen LogP contribution < -0.4 is 16.4 Å². The molecule has 1 unspecified atom stereocenters. The molecule has 2 rings (SSSR count). The minimum Gasteiger partial charge on any atom is -0.376 e. The molecule has 1 aromatic carbocycles. The van der Waals surface area contributed by atoms with Gasteiger partial charge >= 0.3 is 0 Å². The summed E-state index contributed by atoms with van der Waals surface area (Å²) in [6, 6.07) is 7.21. The number of ether oxygens (including phenoxy) is 1. The van der Waals surface area contributed by atoms with Crippen LogP contribution in [0.1, 0.15) is 10.4 Å². The number of rotatable bonds is 2. The molecular weight excluding hydrogens is 206 g/mol. The van der Waals surface area contributed by atoms with Crippen LogP contribution in [0.4, 0.5) is 5.69 Å². The number of carbonyl (C=O) groups is 1. The minimum absolute atomic E-state index is 0.228. The number of nitrogens with zero attached hydrogens (tertiary/aromatic N) is 1. The maximum atomic E-state index is 11.3. The van der Waals surface area contributed by atoms with Gasteiger partial charge in [0.25, 0.3) is 5.91 Å². The number of morpholine rings is 1. The van der Waals surface area contributed by atoms with E-state index in [4.69, 9.17) is 16.2 Å². The summed E-state index contributed by atoms with van der Waals surface area (Å²) in [5.41, 5.74) is 12.5. The number of hydrogen-bond donors (Lipinski definition) is 2. The number of benzene rings is 1. The van der Waals surface area contributed by atoms with Crippen LogP contribution in [0.3, 0.4) is 0 Å². The van der Waals surface area contributed by atoms with Gasteiger partial charge in [-0.3, -0.25) is 4.79 Å². The molecule has 86 valence electrons. The van der Waals surface area contributed by atoms with E-state index in [0.717, 1.165) is 5.69 Å². The molecule has 0 spiro atoms. The number of anilines is 1. The molecule has 4 N–H and O–H groups in total. The normalized spacial score (nSPS) is 20.8. The van der Waals surface area contributed by atoms with Gasteiger partial charge in [0.15, 0.2) is 0 Å². The third-order valence-electron chi connectivity index (χ3n) is 2.64. The number of carbonyl (C=O) groups excluding carboxylic acids is 1. The van der Waals surface area contributed by atoms with Gasteiger partial charge in [-0.05, 0) is 12.1 Å². The van der Waals surface area contributed by atoms with Crippen molar-refractivity contribution in [3.8, 4) is 0 Å². The van der Waals surface area contributed by atoms with E-state index in [1.54, 1.807) is 12.1 Å². The van der Waals surface area contributed by atoms with Crippen LogP contribution in [0.5, 0.6) is 0 Å². The summed E-state index contributed by atoms with van der Waals surface area (Å²) in [5.74, 6) is -0.436. The van der Waals surface area contributed by atoms with Crippen LogP contribution in [-0.4, -0.2) is 31.8 Å². The molecule has 1 heterocycles. The van der Waals surface area contributed by atoms with E-state index >= 15 is 0 Å². The second-order valence-electron chi connectivity index (χ2n) is 3.72. The minimum atomic E-state index is -0.436. The maximum Gasteiger partial charge on any atom is 0.250 e. The summed E-state index contributed by atoms with van der Waals surface area (Å²) < 4.78 is 5.25. The smallest absolute Gasteiger partial charge is 0.250 e. The quantitative estimate of drug-likeness (QED) is 0.731.